The number of nitrogens with zero attached hydrogens (tertiary/aromatic N) is 3. The Morgan fingerprint density at radius 1 is 1.30 bits per heavy atom. The van der Waals surface area contributed by atoms with Gasteiger partial charge in [0, 0.05) is 50.4 Å². The van der Waals surface area contributed by atoms with Gasteiger partial charge in [-0.25, -0.2) is 4.98 Å². The standard InChI is InChI=1S/C20H24N4O3/c1-26-16-4-2-14(3-5-16)10-24-11-17-15(13-27-19(17)12-24)8-23-20(25)18-9-21-6-7-22-18/h2-7,9,15,17,19H,8,10-13H2,1H3,(H,23,25)/t15-,17-,19-/m0/s1. The fraction of sp³-hybridized carbons (Fsp3) is 0.450. The number of carbonyl (C=O) groups is 1. The molecule has 7 nitrogen and oxygen atoms in total. The second-order valence-corrected chi connectivity index (χ2v) is 7.14. The molecule has 0 bridgehead atoms. The van der Waals surface area contributed by atoms with Crippen LogP contribution in [0, 0.1) is 11.8 Å². The number of hydrogen-bond donors (Lipinski definition) is 1. The first-order chi connectivity index (χ1) is 13.2. The lowest BCUT2D eigenvalue weighted by Crippen LogP contribution is -2.34. The number of amides is 1. The molecule has 0 radical (unpaired) electrons. The minimum atomic E-state index is -0.181. The Bertz CT molecular complexity index is 769. The number of methoxy groups -OCH3 is 1. The first-order valence-electron chi connectivity index (χ1n) is 9.24. The van der Waals surface area contributed by atoms with Gasteiger partial charge in [0.2, 0.25) is 0 Å². The highest BCUT2D eigenvalue weighted by Crippen LogP contribution is 2.34. The van der Waals surface area contributed by atoms with Crippen LogP contribution in [-0.4, -0.2) is 60.2 Å². The molecule has 142 valence electrons. The smallest absolute Gasteiger partial charge is 0.271 e. The van der Waals surface area contributed by atoms with E-state index in [1.807, 2.05) is 12.1 Å². The van der Waals surface area contributed by atoms with Crippen LogP contribution in [0.15, 0.2) is 42.9 Å². The Morgan fingerprint density at radius 3 is 2.89 bits per heavy atom. The molecule has 2 aliphatic rings. The zero-order chi connectivity index (χ0) is 18.6. The van der Waals surface area contributed by atoms with Gasteiger partial charge in [0.25, 0.3) is 5.91 Å². The number of benzene rings is 1. The van der Waals surface area contributed by atoms with E-state index < -0.39 is 0 Å². The Labute approximate surface area is 158 Å². The maximum atomic E-state index is 12.2. The number of likely N-dealkylation sites (tertiary alicyclic amines) is 1. The van der Waals surface area contributed by atoms with Crippen LogP contribution >= 0.6 is 0 Å². The first-order valence-corrected chi connectivity index (χ1v) is 9.24. The summed E-state index contributed by atoms with van der Waals surface area (Å²) in [5.41, 5.74) is 1.61. The average molecular weight is 368 g/mol. The van der Waals surface area contributed by atoms with Gasteiger partial charge in [-0.2, -0.15) is 0 Å². The van der Waals surface area contributed by atoms with Crippen LogP contribution in [0.2, 0.25) is 0 Å². The van der Waals surface area contributed by atoms with E-state index >= 15 is 0 Å². The molecule has 4 rings (SSSR count). The van der Waals surface area contributed by atoms with Gasteiger partial charge in [0.05, 0.1) is 26.0 Å². The minimum absolute atomic E-state index is 0.181. The topological polar surface area (TPSA) is 76.6 Å². The Balaban J connectivity index is 1.29. The van der Waals surface area contributed by atoms with E-state index in [9.17, 15) is 4.79 Å². The number of hydrogen-bond acceptors (Lipinski definition) is 6. The molecule has 1 aromatic heterocycles. The van der Waals surface area contributed by atoms with Crippen molar-refractivity contribution < 1.29 is 14.3 Å². The fourth-order valence-corrected chi connectivity index (χ4v) is 3.94. The zero-order valence-corrected chi connectivity index (χ0v) is 15.4. The van der Waals surface area contributed by atoms with E-state index in [4.69, 9.17) is 9.47 Å². The lowest BCUT2D eigenvalue weighted by molar-refractivity contribution is 0.0901. The third-order valence-electron chi connectivity index (χ3n) is 5.40. The van der Waals surface area contributed by atoms with Crippen LogP contribution in [0.3, 0.4) is 0 Å². The van der Waals surface area contributed by atoms with Crippen LogP contribution in [-0.2, 0) is 11.3 Å². The molecule has 3 atom stereocenters. The summed E-state index contributed by atoms with van der Waals surface area (Å²) in [7, 11) is 1.68. The first kappa shape index (κ1) is 17.9. The molecule has 0 unspecified atom stereocenters. The van der Waals surface area contributed by atoms with Crippen molar-refractivity contribution >= 4 is 5.91 Å². The van der Waals surface area contributed by atoms with Gasteiger partial charge >= 0.3 is 0 Å². The number of carbonyl (C=O) groups excluding carboxylic acids is 1. The van der Waals surface area contributed by atoms with Crippen molar-refractivity contribution in [3.05, 3.63) is 54.1 Å². The predicted octanol–water partition coefficient (Wildman–Crippen LogP) is 1.36. The molecule has 7 heteroatoms. The summed E-state index contributed by atoms with van der Waals surface area (Å²) in [6.07, 6.45) is 4.82. The van der Waals surface area contributed by atoms with E-state index in [1.165, 1.54) is 18.0 Å². The summed E-state index contributed by atoms with van der Waals surface area (Å²) < 4.78 is 11.2. The summed E-state index contributed by atoms with van der Waals surface area (Å²) >= 11 is 0. The second-order valence-electron chi connectivity index (χ2n) is 7.14. The molecular formula is C20H24N4O3. The second kappa shape index (κ2) is 8.02. The van der Waals surface area contributed by atoms with Crippen LogP contribution in [0.1, 0.15) is 16.1 Å². The highest BCUT2D eigenvalue weighted by atomic mass is 16.5. The lowest BCUT2D eigenvalue weighted by Gasteiger charge is -2.20. The third-order valence-corrected chi connectivity index (χ3v) is 5.40. The summed E-state index contributed by atoms with van der Waals surface area (Å²) in [4.78, 5) is 22.6. The number of nitrogens with one attached hydrogen (secondary N) is 1. The highest BCUT2D eigenvalue weighted by molar-refractivity contribution is 5.91. The average Bonchev–Trinajstić information content (AvgIpc) is 3.28. The molecule has 2 aromatic rings. The number of rotatable bonds is 6. The van der Waals surface area contributed by atoms with E-state index in [-0.39, 0.29) is 12.0 Å². The molecule has 1 aromatic carbocycles. The summed E-state index contributed by atoms with van der Waals surface area (Å²) in [5.74, 6) is 1.47. The molecule has 0 aliphatic carbocycles. The fourth-order valence-electron chi connectivity index (χ4n) is 3.94. The Hall–Kier alpha value is -2.51. The number of ether oxygens (including phenoxy) is 2. The van der Waals surface area contributed by atoms with Crippen molar-refractivity contribution in [1.29, 1.82) is 0 Å². The molecule has 1 N–H and O–H groups in total. The molecule has 2 aliphatic heterocycles. The normalized spacial score (nSPS) is 24.6. The van der Waals surface area contributed by atoms with Crippen molar-refractivity contribution in [2.45, 2.75) is 12.6 Å². The summed E-state index contributed by atoms with van der Waals surface area (Å²) in [5, 5.41) is 2.98. The molecule has 27 heavy (non-hydrogen) atoms. The predicted molar refractivity (Wildman–Crippen MR) is 99.4 cm³/mol. The van der Waals surface area contributed by atoms with Crippen LogP contribution in [0.5, 0.6) is 5.75 Å². The van der Waals surface area contributed by atoms with E-state index in [0.717, 1.165) is 25.4 Å². The van der Waals surface area contributed by atoms with Crippen molar-refractivity contribution in [1.82, 2.24) is 20.2 Å². The van der Waals surface area contributed by atoms with Gasteiger partial charge in [0.1, 0.15) is 11.4 Å². The monoisotopic (exact) mass is 368 g/mol. The Kier molecular flexibility index (Phi) is 5.31. The molecule has 2 saturated heterocycles. The summed E-state index contributed by atoms with van der Waals surface area (Å²) in [6.45, 7) is 4.13. The van der Waals surface area contributed by atoms with E-state index in [2.05, 4.69) is 32.3 Å². The summed E-state index contributed by atoms with van der Waals surface area (Å²) in [6, 6.07) is 8.19. The third kappa shape index (κ3) is 4.09. The lowest BCUT2D eigenvalue weighted by atomic mass is 9.93. The van der Waals surface area contributed by atoms with Gasteiger partial charge in [-0.3, -0.25) is 14.7 Å². The van der Waals surface area contributed by atoms with Crippen LogP contribution in [0.4, 0.5) is 0 Å². The van der Waals surface area contributed by atoms with E-state index in [0.29, 0.717) is 30.7 Å². The maximum absolute atomic E-state index is 12.2. The quantitative estimate of drug-likeness (QED) is 0.830. The van der Waals surface area contributed by atoms with Crippen molar-refractivity contribution in [3.63, 3.8) is 0 Å². The molecule has 0 saturated carbocycles. The van der Waals surface area contributed by atoms with Crippen molar-refractivity contribution in [3.8, 4) is 5.75 Å². The molecule has 0 spiro atoms. The van der Waals surface area contributed by atoms with Gasteiger partial charge < -0.3 is 14.8 Å². The Morgan fingerprint density at radius 2 is 2.15 bits per heavy atom. The largest absolute Gasteiger partial charge is 0.497 e. The van der Waals surface area contributed by atoms with Crippen molar-refractivity contribution in [2.75, 3.05) is 33.4 Å². The number of fused-ring (bicyclic) bond motifs is 1. The molecule has 1 amide bonds. The SMILES string of the molecule is COc1ccc(CN2C[C@H]3[C@@H](CNC(=O)c4cnccn4)CO[C@H]3C2)cc1. The van der Waals surface area contributed by atoms with Crippen LogP contribution in [0.25, 0.3) is 0 Å². The van der Waals surface area contributed by atoms with Crippen LogP contribution < -0.4 is 10.1 Å². The minimum Gasteiger partial charge on any atom is -0.497 e. The highest BCUT2D eigenvalue weighted by Gasteiger charge is 2.43. The van der Waals surface area contributed by atoms with Gasteiger partial charge in [-0.1, -0.05) is 12.1 Å². The van der Waals surface area contributed by atoms with Gasteiger partial charge in [-0.05, 0) is 17.7 Å². The van der Waals surface area contributed by atoms with Crippen molar-refractivity contribution in [2.24, 2.45) is 11.8 Å². The number of aromatic nitrogens is 2. The van der Waals surface area contributed by atoms with E-state index in [1.54, 1.807) is 13.3 Å². The molecule has 3 heterocycles. The molecular weight excluding hydrogens is 344 g/mol. The maximum Gasteiger partial charge on any atom is 0.271 e. The van der Waals surface area contributed by atoms with Gasteiger partial charge in [0.15, 0.2) is 0 Å². The zero-order valence-electron chi connectivity index (χ0n) is 15.4. The van der Waals surface area contributed by atoms with Gasteiger partial charge in [-0.15, -0.1) is 0 Å². The molecule has 2 fully saturated rings.